The van der Waals surface area contributed by atoms with Crippen molar-refractivity contribution in [3.8, 4) is 11.1 Å². The zero-order valence-electron chi connectivity index (χ0n) is 19.2. The zero-order chi connectivity index (χ0) is 24.4. The summed E-state index contributed by atoms with van der Waals surface area (Å²) in [6, 6.07) is 15.5. The number of aliphatic carboxylic acids is 1. The number of carboxylic acid groups (broad SMARTS) is 1. The van der Waals surface area contributed by atoms with Gasteiger partial charge in [0.25, 0.3) is 5.91 Å². The molecule has 0 aromatic heterocycles. The number of carbonyl (C=O) groups is 3. The summed E-state index contributed by atoms with van der Waals surface area (Å²) < 4.78 is 16.4. The lowest BCUT2D eigenvalue weighted by atomic mass is 9.89. The molecule has 0 radical (unpaired) electrons. The molecule has 0 bridgehead atoms. The molecular formula is C26H28N2O7. The summed E-state index contributed by atoms with van der Waals surface area (Å²) in [5, 5.41) is 15.1. The van der Waals surface area contributed by atoms with Gasteiger partial charge in [0.05, 0.1) is 6.04 Å². The van der Waals surface area contributed by atoms with Gasteiger partial charge in [-0.05, 0) is 28.7 Å². The van der Waals surface area contributed by atoms with Gasteiger partial charge >= 0.3 is 12.1 Å². The summed E-state index contributed by atoms with van der Waals surface area (Å²) in [7, 11) is 0. The number of carbonyl (C=O) groups excluding carboxylic acids is 2. The summed E-state index contributed by atoms with van der Waals surface area (Å²) >= 11 is 0. The average molecular weight is 481 g/mol. The second-order valence-electron chi connectivity index (χ2n) is 9.15. The Morgan fingerprint density at radius 1 is 0.971 bits per heavy atom. The maximum Gasteiger partial charge on any atom is 0.407 e. The van der Waals surface area contributed by atoms with E-state index >= 15 is 0 Å². The number of nitrogens with one attached hydrogen (secondary N) is 2. The first-order valence-electron chi connectivity index (χ1n) is 11.8. The predicted molar refractivity (Wildman–Crippen MR) is 125 cm³/mol. The quantitative estimate of drug-likeness (QED) is 0.580. The molecule has 2 atom stereocenters. The predicted octanol–water partition coefficient (Wildman–Crippen LogP) is 2.43. The Hall–Kier alpha value is -3.43. The number of ether oxygens (including phenoxy) is 3. The normalized spacial score (nSPS) is 22.6. The Balaban J connectivity index is 1.21. The van der Waals surface area contributed by atoms with Gasteiger partial charge in [-0.15, -0.1) is 0 Å². The van der Waals surface area contributed by atoms with Gasteiger partial charge in [-0.25, -0.2) is 9.59 Å². The summed E-state index contributed by atoms with van der Waals surface area (Å²) in [4.78, 5) is 37.5. The van der Waals surface area contributed by atoms with Crippen molar-refractivity contribution in [1.82, 2.24) is 10.6 Å². The molecule has 2 saturated heterocycles. The molecule has 35 heavy (non-hydrogen) atoms. The van der Waals surface area contributed by atoms with Crippen molar-refractivity contribution in [1.29, 1.82) is 0 Å². The monoisotopic (exact) mass is 480 g/mol. The van der Waals surface area contributed by atoms with Gasteiger partial charge in [0.15, 0.2) is 6.10 Å². The van der Waals surface area contributed by atoms with Crippen LogP contribution in [-0.2, 0) is 23.8 Å². The molecule has 9 nitrogen and oxygen atoms in total. The molecule has 1 aliphatic carbocycles. The second kappa shape index (κ2) is 9.67. The minimum absolute atomic E-state index is 0.0731. The van der Waals surface area contributed by atoms with Gasteiger partial charge < -0.3 is 30.0 Å². The number of benzene rings is 2. The largest absolute Gasteiger partial charge is 0.480 e. The van der Waals surface area contributed by atoms with Crippen LogP contribution in [-0.4, -0.2) is 67.2 Å². The SMILES string of the molecule is O=C(NC1CCOC1C(=O)NC1(C(=O)O)CCOCC1)OCC1c2ccccc2-c2ccccc21. The molecule has 2 aliphatic heterocycles. The Bertz CT molecular complexity index is 1080. The maximum absolute atomic E-state index is 12.9. The first-order valence-corrected chi connectivity index (χ1v) is 11.8. The van der Waals surface area contributed by atoms with Crippen LogP contribution in [0.5, 0.6) is 0 Å². The molecule has 2 heterocycles. The molecule has 2 unspecified atom stereocenters. The molecule has 3 N–H and O–H groups in total. The van der Waals surface area contributed by atoms with Crippen LogP contribution >= 0.6 is 0 Å². The number of hydrogen-bond donors (Lipinski definition) is 3. The van der Waals surface area contributed by atoms with Crippen LogP contribution in [0.3, 0.4) is 0 Å². The van der Waals surface area contributed by atoms with Crippen LogP contribution in [0.1, 0.15) is 36.3 Å². The second-order valence-corrected chi connectivity index (χ2v) is 9.15. The third kappa shape index (κ3) is 4.49. The molecule has 3 aliphatic rings. The standard InChI is InChI=1S/C26H28N2O7/c29-23(28-26(24(30)31)10-13-33-14-11-26)22-21(9-12-34-22)27-25(32)35-15-20-18-7-3-1-5-16(18)17-6-2-4-8-19(17)20/h1-8,20-22H,9-15H2,(H,27,32)(H,28,29)(H,30,31). The van der Waals surface area contributed by atoms with Gasteiger partial charge in [-0.2, -0.15) is 0 Å². The van der Waals surface area contributed by atoms with E-state index in [0.29, 0.717) is 6.42 Å². The van der Waals surface area contributed by atoms with Crippen molar-refractivity contribution < 1.29 is 33.7 Å². The van der Waals surface area contributed by atoms with E-state index in [2.05, 4.69) is 22.8 Å². The third-order valence-electron chi connectivity index (χ3n) is 7.12. The molecule has 5 rings (SSSR count). The fraction of sp³-hybridized carbons (Fsp3) is 0.423. The van der Waals surface area contributed by atoms with Crippen LogP contribution in [0.4, 0.5) is 4.79 Å². The van der Waals surface area contributed by atoms with Crippen molar-refractivity contribution in [2.24, 2.45) is 0 Å². The molecule has 2 fully saturated rings. The van der Waals surface area contributed by atoms with Crippen LogP contribution in [0.2, 0.25) is 0 Å². The molecule has 2 amide bonds. The van der Waals surface area contributed by atoms with Crippen LogP contribution < -0.4 is 10.6 Å². The molecule has 0 spiro atoms. The molecule has 0 saturated carbocycles. The summed E-state index contributed by atoms with van der Waals surface area (Å²) in [5.41, 5.74) is 3.10. The van der Waals surface area contributed by atoms with E-state index in [0.717, 1.165) is 22.3 Å². The summed E-state index contributed by atoms with van der Waals surface area (Å²) in [6.45, 7) is 0.932. The smallest absolute Gasteiger partial charge is 0.407 e. The topological polar surface area (TPSA) is 123 Å². The van der Waals surface area contributed by atoms with Gasteiger partial charge in [-0.3, -0.25) is 4.79 Å². The fourth-order valence-corrected chi connectivity index (χ4v) is 5.21. The lowest BCUT2D eigenvalue weighted by Crippen LogP contribution is -2.61. The number of rotatable bonds is 6. The van der Waals surface area contributed by atoms with E-state index in [-0.39, 0.29) is 45.2 Å². The first-order chi connectivity index (χ1) is 17.0. The van der Waals surface area contributed by atoms with Gasteiger partial charge in [0, 0.05) is 38.6 Å². The summed E-state index contributed by atoms with van der Waals surface area (Å²) in [6.07, 6.45) is -0.865. The maximum atomic E-state index is 12.9. The Morgan fingerprint density at radius 2 is 1.60 bits per heavy atom. The minimum atomic E-state index is -1.39. The van der Waals surface area contributed by atoms with E-state index in [1.54, 1.807) is 0 Å². The van der Waals surface area contributed by atoms with Crippen LogP contribution in [0.15, 0.2) is 48.5 Å². The van der Waals surface area contributed by atoms with Gasteiger partial charge in [0.2, 0.25) is 0 Å². The number of amides is 2. The Labute approximate surface area is 202 Å². The molecular weight excluding hydrogens is 452 g/mol. The number of hydrogen-bond acceptors (Lipinski definition) is 6. The highest BCUT2D eigenvalue weighted by Crippen LogP contribution is 2.44. The average Bonchev–Trinajstić information content (AvgIpc) is 3.46. The van der Waals surface area contributed by atoms with E-state index in [1.165, 1.54) is 0 Å². The molecule has 2 aromatic rings. The van der Waals surface area contributed by atoms with Gasteiger partial charge in [0.1, 0.15) is 12.1 Å². The Kier molecular flexibility index (Phi) is 6.44. The number of carboxylic acids is 1. The van der Waals surface area contributed by atoms with Gasteiger partial charge in [-0.1, -0.05) is 48.5 Å². The molecule has 9 heteroatoms. The molecule has 184 valence electrons. The number of fused-ring (bicyclic) bond motifs is 3. The highest BCUT2D eigenvalue weighted by molar-refractivity contribution is 5.90. The highest BCUT2D eigenvalue weighted by Gasteiger charge is 2.45. The molecule has 2 aromatic carbocycles. The van der Waals surface area contributed by atoms with Crippen molar-refractivity contribution in [2.75, 3.05) is 26.4 Å². The van der Waals surface area contributed by atoms with Crippen LogP contribution in [0.25, 0.3) is 11.1 Å². The Morgan fingerprint density at radius 3 is 2.23 bits per heavy atom. The lowest BCUT2D eigenvalue weighted by molar-refractivity contribution is -0.154. The zero-order valence-corrected chi connectivity index (χ0v) is 19.2. The van der Waals surface area contributed by atoms with Crippen LogP contribution in [0, 0.1) is 0 Å². The number of alkyl carbamates (subject to hydrolysis) is 1. The van der Waals surface area contributed by atoms with Crippen molar-refractivity contribution in [2.45, 2.75) is 42.9 Å². The van der Waals surface area contributed by atoms with E-state index < -0.39 is 35.7 Å². The van der Waals surface area contributed by atoms with E-state index in [4.69, 9.17) is 14.2 Å². The first kappa shape index (κ1) is 23.3. The fourth-order valence-electron chi connectivity index (χ4n) is 5.21. The lowest BCUT2D eigenvalue weighted by Gasteiger charge is -2.35. The van der Waals surface area contributed by atoms with E-state index in [1.807, 2.05) is 36.4 Å². The van der Waals surface area contributed by atoms with E-state index in [9.17, 15) is 19.5 Å². The van der Waals surface area contributed by atoms with Crippen molar-refractivity contribution >= 4 is 18.0 Å². The van der Waals surface area contributed by atoms with Crippen molar-refractivity contribution in [3.63, 3.8) is 0 Å². The minimum Gasteiger partial charge on any atom is -0.480 e. The third-order valence-corrected chi connectivity index (χ3v) is 7.12. The summed E-state index contributed by atoms with van der Waals surface area (Å²) in [5.74, 6) is -1.74. The highest BCUT2D eigenvalue weighted by atomic mass is 16.6. The van der Waals surface area contributed by atoms with Crippen molar-refractivity contribution in [3.05, 3.63) is 59.7 Å².